The van der Waals surface area contributed by atoms with Gasteiger partial charge in [0, 0.05) is 25.8 Å². The molecule has 1 aromatic heterocycles. The van der Waals surface area contributed by atoms with Crippen LogP contribution < -0.4 is 5.32 Å². The maximum atomic E-state index is 9.89. The lowest BCUT2D eigenvalue weighted by atomic mass is 10.2. The number of nitrogens with one attached hydrogen (secondary N) is 1. The Morgan fingerprint density at radius 3 is 2.72 bits per heavy atom. The third kappa shape index (κ3) is 6.69. The second-order valence-corrected chi connectivity index (χ2v) is 5.22. The molecule has 0 aliphatic heterocycles. The molecule has 0 aromatic carbocycles. The zero-order valence-electron chi connectivity index (χ0n) is 11.6. The molecule has 0 bridgehead atoms. The second-order valence-electron chi connectivity index (χ2n) is 5.22. The maximum Gasteiger partial charge on any atom is 0.0791 e. The molecule has 1 heterocycles. The van der Waals surface area contributed by atoms with Crippen molar-refractivity contribution in [3.05, 3.63) is 30.1 Å². The van der Waals surface area contributed by atoms with Crippen molar-refractivity contribution in [1.29, 1.82) is 0 Å². The van der Waals surface area contributed by atoms with Crippen LogP contribution in [-0.2, 0) is 6.54 Å². The summed E-state index contributed by atoms with van der Waals surface area (Å²) in [4.78, 5) is 6.36. The van der Waals surface area contributed by atoms with Crippen LogP contribution in [0.2, 0.25) is 0 Å². The standard InChI is InChI=1S/C14H25N3O/c1-12(2)8-15-9-14(18)11-17(3)10-13-6-4-5-7-16-13/h4-7,12,14-15,18H,8-11H2,1-3H3. The summed E-state index contributed by atoms with van der Waals surface area (Å²) >= 11 is 0. The van der Waals surface area contributed by atoms with E-state index in [-0.39, 0.29) is 6.10 Å². The predicted octanol–water partition coefficient (Wildman–Crippen LogP) is 1.12. The van der Waals surface area contributed by atoms with Gasteiger partial charge in [-0.2, -0.15) is 0 Å². The number of nitrogens with zero attached hydrogens (tertiary/aromatic N) is 2. The largest absolute Gasteiger partial charge is 0.390 e. The van der Waals surface area contributed by atoms with Crippen molar-refractivity contribution >= 4 is 0 Å². The number of rotatable bonds is 8. The summed E-state index contributed by atoms with van der Waals surface area (Å²) in [6, 6.07) is 5.89. The average molecular weight is 251 g/mol. The molecule has 0 saturated heterocycles. The Kier molecular flexibility index (Phi) is 6.86. The number of hydrogen-bond acceptors (Lipinski definition) is 4. The van der Waals surface area contributed by atoms with Crippen molar-refractivity contribution in [2.75, 3.05) is 26.7 Å². The number of hydrogen-bond donors (Lipinski definition) is 2. The Hall–Kier alpha value is -0.970. The van der Waals surface area contributed by atoms with Crippen LogP contribution in [0.15, 0.2) is 24.4 Å². The van der Waals surface area contributed by atoms with Gasteiger partial charge in [0.05, 0.1) is 11.8 Å². The first-order valence-electron chi connectivity index (χ1n) is 6.55. The molecular formula is C14H25N3O. The quantitative estimate of drug-likeness (QED) is 0.727. The minimum absolute atomic E-state index is 0.336. The molecule has 0 spiro atoms. The van der Waals surface area contributed by atoms with Gasteiger partial charge < -0.3 is 10.4 Å². The van der Waals surface area contributed by atoms with Gasteiger partial charge >= 0.3 is 0 Å². The maximum absolute atomic E-state index is 9.89. The molecule has 1 atom stereocenters. The van der Waals surface area contributed by atoms with Gasteiger partial charge in [0.2, 0.25) is 0 Å². The van der Waals surface area contributed by atoms with Crippen molar-refractivity contribution < 1.29 is 5.11 Å². The number of aliphatic hydroxyl groups is 1. The molecular weight excluding hydrogens is 226 g/mol. The number of aromatic nitrogens is 1. The highest BCUT2D eigenvalue weighted by Crippen LogP contribution is 1.99. The molecule has 0 aliphatic carbocycles. The van der Waals surface area contributed by atoms with E-state index in [1.165, 1.54) is 0 Å². The first kappa shape index (κ1) is 15.1. The molecule has 0 amide bonds. The van der Waals surface area contributed by atoms with Crippen molar-refractivity contribution in [2.24, 2.45) is 5.92 Å². The van der Waals surface area contributed by atoms with Crippen LogP contribution in [0.3, 0.4) is 0 Å². The Balaban J connectivity index is 2.21. The SMILES string of the molecule is CC(C)CNCC(O)CN(C)Cc1ccccn1. The second kappa shape index (κ2) is 8.19. The summed E-state index contributed by atoms with van der Waals surface area (Å²) in [5.74, 6) is 0.614. The third-order valence-electron chi connectivity index (χ3n) is 2.61. The fraction of sp³-hybridized carbons (Fsp3) is 0.643. The first-order chi connectivity index (χ1) is 8.58. The fourth-order valence-electron chi connectivity index (χ4n) is 1.80. The fourth-order valence-corrected chi connectivity index (χ4v) is 1.80. The van der Waals surface area contributed by atoms with E-state index >= 15 is 0 Å². The van der Waals surface area contributed by atoms with Crippen molar-refractivity contribution in [1.82, 2.24) is 15.2 Å². The van der Waals surface area contributed by atoms with E-state index in [1.807, 2.05) is 25.2 Å². The molecule has 2 N–H and O–H groups in total. The molecule has 1 unspecified atom stereocenters. The van der Waals surface area contributed by atoms with E-state index in [4.69, 9.17) is 0 Å². The smallest absolute Gasteiger partial charge is 0.0791 e. The zero-order valence-corrected chi connectivity index (χ0v) is 11.6. The van der Waals surface area contributed by atoms with Crippen molar-refractivity contribution in [3.63, 3.8) is 0 Å². The summed E-state index contributed by atoms with van der Waals surface area (Å²) in [5.41, 5.74) is 1.03. The van der Waals surface area contributed by atoms with Gasteiger partial charge in [0.25, 0.3) is 0 Å². The van der Waals surface area contributed by atoms with Gasteiger partial charge in [-0.3, -0.25) is 9.88 Å². The molecule has 0 fully saturated rings. The van der Waals surface area contributed by atoms with Crippen LogP contribution in [-0.4, -0.2) is 47.8 Å². The molecule has 0 saturated carbocycles. The lowest BCUT2D eigenvalue weighted by molar-refractivity contribution is 0.120. The lowest BCUT2D eigenvalue weighted by Gasteiger charge is -2.20. The van der Waals surface area contributed by atoms with Gasteiger partial charge in [-0.25, -0.2) is 0 Å². The van der Waals surface area contributed by atoms with E-state index in [2.05, 4.69) is 29.0 Å². The van der Waals surface area contributed by atoms with E-state index in [0.717, 1.165) is 18.8 Å². The zero-order chi connectivity index (χ0) is 13.4. The minimum Gasteiger partial charge on any atom is -0.390 e. The predicted molar refractivity (Wildman–Crippen MR) is 74.3 cm³/mol. The number of aliphatic hydroxyl groups excluding tert-OH is 1. The Morgan fingerprint density at radius 2 is 2.11 bits per heavy atom. The molecule has 1 rings (SSSR count). The molecule has 0 radical (unpaired) electrons. The highest BCUT2D eigenvalue weighted by Gasteiger charge is 2.08. The van der Waals surface area contributed by atoms with Crippen LogP contribution in [0.4, 0.5) is 0 Å². The minimum atomic E-state index is -0.336. The van der Waals surface area contributed by atoms with Crippen LogP contribution in [0.1, 0.15) is 19.5 Å². The third-order valence-corrected chi connectivity index (χ3v) is 2.61. The Labute approximate surface area is 110 Å². The van der Waals surface area contributed by atoms with Crippen LogP contribution in [0.5, 0.6) is 0 Å². The van der Waals surface area contributed by atoms with Gasteiger partial charge in [-0.1, -0.05) is 19.9 Å². The van der Waals surface area contributed by atoms with Crippen molar-refractivity contribution in [3.8, 4) is 0 Å². The summed E-state index contributed by atoms with van der Waals surface area (Å²) < 4.78 is 0. The molecule has 4 nitrogen and oxygen atoms in total. The van der Waals surface area contributed by atoms with E-state index in [0.29, 0.717) is 19.0 Å². The monoisotopic (exact) mass is 251 g/mol. The summed E-state index contributed by atoms with van der Waals surface area (Å²) in [6.45, 7) is 7.33. The first-order valence-corrected chi connectivity index (χ1v) is 6.55. The van der Waals surface area contributed by atoms with E-state index in [1.54, 1.807) is 6.20 Å². The van der Waals surface area contributed by atoms with Crippen LogP contribution in [0, 0.1) is 5.92 Å². The van der Waals surface area contributed by atoms with Crippen molar-refractivity contribution in [2.45, 2.75) is 26.5 Å². The summed E-state index contributed by atoms with van der Waals surface area (Å²) in [6.07, 6.45) is 1.46. The highest BCUT2D eigenvalue weighted by molar-refractivity contribution is 5.03. The van der Waals surface area contributed by atoms with E-state index < -0.39 is 0 Å². The highest BCUT2D eigenvalue weighted by atomic mass is 16.3. The van der Waals surface area contributed by atoms with Crippen LogP contribution in [0.25, 0.3) is 0 Å². The topological polar surface area (TPSA) is 48.4 Å². The molecule has 0 aliphatic rings. The normalized spacial score (nSPS) is 13.2. The molecule has 18 heavy (non-hydrogen) atoms. The Morgan fingerprint density at radius 1 is 1.33 bits per heavy atom. The van der Waals surface area contributed by atoms with Gasteiger partial charge in [-0.15, -0.1) is 0 Å². The lowest BCUT2D eigenvalue weighted by Crippen LogP contribution is -2.37. The Bertz CT molecular complexity index is 316. The van der Waals surface area contributed by atoms with E-state index in [9.17, 15) is 5.11 Å². The molecule has 102 valence electrons. The molecule has 4 heteroatoms. The number of pyridine rings is 1. The molecule has 1 aromatic rings. The average Bonchev–Trinajstić information content (AvgIpc) is 2.29. The van der Waals surface area contributed by atoms with Gasteiger partial charge in [0.1, 0.15) is 0 Å². The summed E-state index contributed by atoms with van der Waals surface area (Å²) in [5, 5.41) is 13.1. The summed E-state index contributed by atoms with van der Waals surface area (Å²) in [7, 11) is 2.00. The number of likely N-dealkylation sites (N-methyl/N-ethyl adjacent to an activating group) is 1. The van der Waals surface area contributed by atoms with Crippen LogP contribution >= 0.6 is 0 Å². The van der Waals surface area contributed by atoms with Gasteiger partial charge in [-0.05, 0) is 31.6 Å². The van der Waals surface area contributed by atoms with Gasteiger partial charge in [0.15, 0.2) is 0 Å².